The zero-order valence-electron chi connectivity index (χ0n) is 11.4. The van der Waals surface area contributed by atoms with Gasteiger partial charge in [0.1, 0.15) is 5.75 Å². The SMILES string of the molecule is CC1CCN(C(=O)c2cc(Cl)ccc2OC(F)F)CC1O. The Kier molecular flexibility index (Phi) is 5.00. The van der Waals surface area contributed by atoms with Gasteiger partial charge in [-0.25, -0.2) is 0 Å². The molecule has 0 aromatic heterocycles. The Morgan fingerprint density at radius 3 is 2.86 bits per heavy atom. The Balaban J connectivity index is 2.23. The van der Waals surface area contributed by atoms with E-state index in [1.54, 1.807) is 0 Å². The van der Waals surface area contributed by atoms with Gasteiger partial charge >= 0.3 is 6.61 Å². The van der Waals surface area contributed by atoms with E-state index in [4.69, 9.17) is 11.6 Å². The molecule has 0 bridgehead atoms. The summed E-state index contributed by atoms with van der Waals surface area (Å²) in [6.07, 6.45) is 0.0276. The number of carbonyl (C=O) groups is 1. The molecule has 7 heteroatoms. The summed E-state index contributed by atoms with van der Waals surface area (Å²) < 4.78 is 29.2. The van der Waals surface area contributed by atoms with Crippen LogP contribution in [0.3, 0.4) is 0 Å². The fourth-order valence-electron chi connectivity index (χ4n) is 2.27. The van der Waals surface area contributed by atoms with Crippen LogP contribution >= 0.6 is 11.6 Å². The van der Waals surface area contributed by atoms with Gasteiger partial charge in [-0.15, -0.1) is 0 Å². The summed E-state index contributed by atoms with van der Waals surface area (Å²) in [5.41, 5.74) is -0.0236. The number of halogens is 3. The highest BCUT2D eigenvalue weighted by Crippen LogP contribution is 2.27. The Morgan fingerprint density at radius 1 is 1.52 bits per heavy atom. The summed E-state index contributed by atoms with van der Waals surface area (Å²) in [6, 6.07) is 3.92. The second kappa shape index (κ2) is 6.58. The molecule has 1 saturated heterocycles. The average molecular weight is 320 g/mol. The quantitative estimate of drug-likeness (QED) is 0.932. The molecule has 2 rings (SSSR count). The van der Waals surface area contributed by atoms with Crippen LogP contribution in [-0.4, -0.2) is 41.7 Å². The molecule has 0 radical (unpaired) electrons. The molecule has 0 saturated carbocycles. The van der Waals surface area contributed by atoms with E-state index in [9.17, 15) is 18.7 Å². The molecule has 1 fully saturated rings. The lowest BCUT2D eigenvalue weighted by Crippen LogP contribution is -2.45. The molecule has 0 aliphatic carbocycles. The zero-order chi connectivity index (χ0) is 15.6. The minimum atomic E-state index is -3.02. The molecule has 21 heavy (non-hydrogen) atoms. The van der Waals surface area contributed by atoms with Gasteiger partial charge in [0.2, 0.25) is 0 Å². The number of aliphatic hydroxyl groups is 1. The van der Waals surface area contributed by atoms with Crippen LogP contribution in [0, 0.1) is 5.92 Å². The predicted octanol–water partition coefficient (Wildman–Crippen LogP) is 2.78. The maximum Gasteiger partial charge on any atom is 0.387 e. The molecule has 2 unspecified atom stereocenters. The van der Waals surface area contributed by atoms with Crippen molar-refractivity contribution in [1.29, 1.82) is 0 Å². The van der Waals surface area contributed by atoms with E-state index >= 15 is 0 Å². The van der Waals surface area contributed by atoms with Crippen LogP contribution in [0.5, 0.6) is 5.75 Å². The highest BCUT2D eigenvalue weighted by atomic mass is 35.5. The Hall–Kier alpha value is -1.40. The molecular formula is C14H16ClF2NO3. The van der Waals surface area contributed by atoms with Gasteiger partial charge in [0.05, 0.1) is 11.7 Å². The van der Waals surface area contributed by atoms with Crippen LogP contribution in [0.15, 0.2) is 18.2 Å². The Morgan fingerprint density at radius 2 is 2.24 bits per heavy atom. The van der Waals surface area contributed by atoms with Crippen LogP contribution < -0.4 is 4.74 Å². The number of hydrogen-bond donors (Lipinski definition) is 1. The summed E-state index contributed by atoms with van der Waals surface area (Å²) in [5, 5.41) is 10.1. The molecule has 1 aromatic carbocycles. The van der Waals surface area contributed by atoms with Gasteiger partial charge < -0.3 is 14.7 Å². The molecule has 1 heterocycles. The van der Waals surface area contributed by atoms with Crippen molar-refractivity contribution >= 4 is 17.5 Å². The van der Waals surface area contributed by atoms with E-state index in [1.807, 2.05) is 6.92 Å². The number of aliphatic hydroxyl groups excluding tert-OH is 1. The third-order valence-corrected chi connectivity index (χ3v) is 3.83. The van der Waals surface area contributed by atoms with Crippen LogP contribution in [-0.2, 0) is 0 Å². The fourth-order valence-corrected chi connectivity index (χ4v) is 2.44. The molecule has 1 aliphatic rings. The first-order valence-corrected chi connectivity index (χ1v) is 6.98. The molecule has 116 valence electrons. The monoisotopic (exact) mass is 319 g/mol. The number of piperidine rings is 1. The number of β-amino-alcohol motifs (C(OH)–C–C–N with tert-alkyl or cyclic N) is 1. The summed E-state index contributed by atoms with van der Waals surface area (Å²) in [4.78, 5) is 13.9. The van der Waals surface area contributed by atoms with E-state index < -0.39 is 18.6 Å². The Labute approximate surface area is 126 Å². The first-order valence-electron chi connectivity index (χ1n) is 6.60. The van der Waals surface area contributed by atoms with Crippen molar-refractivity contribution in [3.05, 3.63) is 28.8 Å². The minimum absolute atomic E-state index is 0.0236. The molecule has 2 atom stereocenters. The molecule has 4 nitrogen and oxygen atoms in total. The Bertz CT molecular complexity index is 527. The molecule has 0 spiro atoms. The van der Waals surface area contributed by atoms with E-state index in [0.29, 0.717) is 13.0 Å². The highest BCUT2D eigenvalue weighted by molar-refractivity contribution is 6.31. The summed E-state index contributed by atoms with van der Waals surface area (Å²) in [6.45, 7) is -0.500. The minimum Gasteiger partial charge on any atom is -0.434 e. The summed E-state index contributed by atoms with van der Waals surface area (Å²) >= 11 is 5.83. The number of amides is 1. The second-order valence-corrected chi connectivity index (χ2v) is 5.54. The lowest BCUT2D eigenvalue weighted by Gasteiger charge is -2.34. The third kappa shape index (κ3) is 3.83. The van der Waals surface area contributed by atoms with E-state index in [-0.39, 0.29) is 28.8 Å². The van der Waals surface area contributed by atoms with Crippen molar-refractivity contribution in [2.75, 3.05) is 13.1 Å². The third-order valence-electron chi connectivity index (χ3n) is 3.59. The van der Waals surface area contributed by atoms with Gasteiger partial charge in [0, 0.05) is 18.1 Å². The number of alkyl halides is 2. The second-order valence-electron chi connectivity index (χ2n) is 5.10. The van der Waals surface area contributed by atoms with Gasteiger partial charge in [-0.1, -0.05) is 18.5 Å². The van der Waals surface area contributed by atoms with Crippen molar-refractivity contribution in [2.24, 2.45) is 5.92 Å². The standard InChI is InChI=1S/C14H16ClF2NO3/c1-8-4-5-18(7-11(8)19)13(20)10-6-9(15)2-3-12(10)21-14(16)17/h2-3,6,8,11,14,19H,4-5,7H2,1H3. The van der Waals surface area contributed by atoms with Gasteiger partial charge in [-0.05, 0) is 30.5 Å². The number of ether oxygens (including phenoxy) is 1. The molecule has 1 N–H and O–H groups in total. The maximum absolute atomic E-state index is 12.4. The average Bonchev–Trinajstić information content (AvgIpc) is 2.42. The topological polar surface area (TPSA) is 49.8 Å². The van der Waals surface area contributed by atoms with Crippen molar-refractivity contribution in [3.63, 3.8) is 0 Å². The fraction of sp³-hybridized carbons (Fsp3) is 0.500. The number of rotatable bonds is 3. The molecule has 1 amide bonds. The highest BCUT2D eigenvalue weighted by Gasteiger charge is 2.29. The number of likely N-dealkylation sites (tertiary alicyclic amines) is 1. The lowest BCUT2D eigenvalue weighted by molar-refractivity contribution is -0.0504. The van der Waals surface area contributed by atoms with Crippen LogP contribution in [0.25, 0.3) is 0 Å². The van der Waals surface area contributed by atoms with Gasteiger partial charge in [0.15, 0.2) is 0 Å². The van der Waals surface area contributed by atoms with Gasteiger partial charge in [-0.3, -0.25) is 4.79 Å². The summed E-state index contributed by atoms with van der Waals surface area (Å²) in [5.74, 6) is -0.586. The van der Waals surface area contributed by atoms with Gasteiger partial charge in [0.25, 0.3) is 5.91 Å². The van der Waals surface area contributed by atoms with Crippen LogP contribution in [0.2, 0.25) is 5.02 Å². The molecule has 1 aliphatic heterocycles. The number of nitrogens with zero attached hydrogens (tertiary/aromatic N) is 1. The largest absolute Gasteiger partial charge is 0.434 e. The molecule has 1 aromatic rings. The maximum atomic E-state index is 12.4. The number of benzene rings is 1. The predicted molar refractivity (Wildman–Crippen MR) is 73.8 cm³/mol. The van der Waals surface area contributed by atoms with Crippen molar-refractivity contribution in [2.45, 2.75) is 26.1 Å². The van der Waals surface area contributed by atoms with Gasteiger partial charge in [-0.2, -0.15) is 8.78 Å². The number of hydrogen-bond acceptors (Lipinski definition) is 3. The van der Waals surface area contributed by atoms with E-state index in [0.717, 1.165) is 0 Å². The van der Waals surface area contributed by atoms with Crippen molar-refractivity contribution < 1.29 is 23.4 Å². The normalized spacial score (nSPS) is 22.5. The van der Waals surface area contributed by atoms with Crippen LogP contribution in [0.4, 0.5) is 8.78 Å². The van der Waals surface area contributed by atoms with Crippen molar-refractivity contribution in [3.8, 4) is 5.75 Å². The zero-order valence-corrected chi connectivity index (χ0v) is 12.2. The first kappa shape index (κ1) is 16.0. The van der Waals surface area contributed by atoms with E-state index in [1.165, 1.54) is 23.1 Å². The van der Waals surface area contributed by atoms with Crippen LogP contribution in [0.1, 0.15) is 23.7 Å². The van der Waals surface area contributed by atoms with E-state index in [2.05, 4.69) is 4.74 Å². The van der Waals surface area contributed by atoms with Crippen molar-refractivity contribution in [1.82, 2.24) is 4.90 Å². The lowest BCUT2D eigenvalue weighted by atomic mass is 9.95. The first-order chi connectivity index (χ1) is 9.88. The molecular weight excluding hydrogens is 304 g/mol. The number of carbonyl (C=O) groups excluding carboxylic acids is 1. The summed E-state index contributed by atoms with van der Waals surface area (Å²) in [7, 11) is 0. The smallest absolute Gasteiger partial charge is 0.387 e.